The van der Waals surface area contributed by atoms with Gasteiger partial charge in [-0.2, -0.15) is 0 Å². The Morgan fingerprint density at radius 2 is 1.83 bits per heavy atom. The molecule has 0 aliphatic carbocycles. The van der Waals surface area contributed by atoms with Gasteiger partial charge >= 0.3 is 11.9 Å². The molecule has 2 unspecified atom stereocenters. The predicted molar refractivity (Wildman–Crippen MR) is 60.4 cm³/mol. The molecule has 1 aliphatic heterocycles. The molecular formula is C12H19FO5. The van der Waals surface area contributed by atoms with Gasteiger partial charge in [0.1, 0.15) is 12.3 Å². The van der Waals surface area contributed by atoms with Crippen LogP contribution in [0.15, 0.2) is 0 Å². The third kappa shape index (κ3) is 2.80. The second kappa shape index (κ2) is 5.65. The summed E-state index contributed by atoms with van der Waals surface area (Å²) in [4.78, 5) is 22.0. The zero-order chi connectivity index (χ0) is 13.9. The molecule has 0 spiro atoms. The van der Waals surface area contributed by atoms with Crippen molar-refractivity contribution in [3.8, 4) is 0 Å². The molecule has 1 aliphatic rings. The molecule has 1 saturated heterocycles. The van der Waals surface area contributed by atoms with Crippen molar-refractivity contribution in [2.45, 2.75) is 52.1 Å². The molecule has 5 nitrogen and oxygen atoms in total. The number of carbonyl (C=O) groups excluding carboxylic acids is 2. The molecule has 0 aromatic heterocycles. The van der Waals surface area contributed by atoms with E-state index >= 15 is 0 Å². The maximum Gasteiger partial charge on any atom is 0.305 e. The maximum atomic E-state index is 13.2. The molecule has 1 rings (SSSR count). The Morgan fingerprint density at radius 3 is 2.22 bits per heavy atom. The van der Waals surface area contributed by atoms with Crippen molar-refractivity contribution < 1.29 is 28.2 Å². The predicted octanol–water partition coefficient (Wildman–Crippen LogP) is 1.59. The molecule has 0 aromatic rings. The van der Waals surface area contributed by atoms with Gasteiger partial charge < -0.3 is 14.2 Å². The van der Waals surface area contributed by atoms with Gasteiger partial charge in [0, 0.05) is 19.8 Å². The molecule has 18 heavy (non-hydrogen) atoms. The van der Waals surface area contributed by atoms with Crippen molar-refractivity contribution in [1.82, 2.24) is 0 Å². The smallest absolute Gasteiger partial charge is 0.305 e. The van der Waals surface area contributed by atoms with Crippen LogP contribution in [0.2, 0.25) is 0 Å². The van der Waals surface area contributed by atoms with Crippen molar-refractivity contribution in [3.05, 3.63) is 0 Å². The molecule has 0 amide bonds. The summed E-state index contributed by atoms with van der Waals surface area (Å²) >= 11 is 0. The Labute approximate surface area is 106 Å². The molecule has 6 heteroatoms. The highest BCUT2D eigenvalue weighted by Gasteiger charge is 2.55. The summed E-state index contributed by atoms with van der Waals surface area (Å²) < 4.78 is 28.7. The Kier molecular flexibility index (Phi) is 4.67. The topological polar surface area (TPSA) is 61.8 Å². The lowest BCUT2D eigenvalue weighted by Gasteiger charge is -2.28. The normalized spacial score (nSPS) is 35.3. The molecule has 0 bridgehead atoms. The van der Waals surface area contributed by atoms with Gasteiger partial charge in [0.25, 0.3) is 0 Å². The average Bonchev–Trinajstić information content (AvgIpc) is 2.53. The van der Waals surface area contributed by atoms with E-state index in [2.05, 4.69) is 0 Å². The van der Waals surface area contributed by atoms with Gasteiger partial charge in [-0.3, -0.25) is 9.59 Å². The lowest BCUT2D eigenvalue weighted by atomic mass is 9.86. The molecule has 4 atom stereocenters. The van der Waals surface area contributed by atoms with Gasteiger partial charge in [0.15, 0.2) is 6.10 Å². The van der Waals surface area contributed by atoms with Crippen molar-refractivity contribution in [1.29, 1.82) is 0 Å². The van der Waals surface area contributed by atoms with Gasteiger partial charge in [0.2, 0.25) is 6.29 Å². The minimum absolute atomic E-state index is 0.388. The molecule has 0 saturated carbocycles. The SMILES string of the molecule is CC[C@@]1(CF)OC(OC(C)=O)C(OC(C)=O)[C@H]1C. The number of hydrogen-bond donors (Lipinski definition) is 0. The molecular weight excluding hydrogens is 243 g/mol. The number of esters is 2. The van der Waals surface area contributed by atoms with Gasteiger partial charge in [-0.1, -0.05) is 13.8 Å². The van der Waals surface area contributed by atoms with Gasteiger partial charge in [-0.05, 0) is 6.42 Å². The fraction of sp³-hybridized carbons (Fsp3) is 0.833. The van der Waals surface area contributed by atoms with E-state index in [4.69, 9.17) is 14.2 Å². The molecule has 1 fully saturated rings. The van der Waals surface area contributed by atoms with Crippen LogP contribution in [0.4, 0.5) is 4.39 Å². The van der Waals surface area contributed by atoms with Gasteiger partial charge in [-0.25, -0.2) is 4.39 Å². The van der Waals surface area contributed by atoms with Crippen LogP contribution in [0.25, 0.3) is 0 Å². The van der Waals surface area contributed by atoms with E-state index in [1.165, 1.54) is 13.8 Å². The van der Waals surface area contributed by atoms with E-state index in [-0.39, 0.29) is 5.92 Å². The highest BCUT2D eigenvalue weighted by Crippen LogP contribution is 2.41. The molecule has 1 heterocycles. The van der Waals surface area contributed by atoms with Gasteiger partial charge in [-0.15, -0.1) is 0 Å². The van der Waals surface area contributed by atoms with E-state index < -0.39 is 36.6 Å². The highest BCUT2D eigenvalue weighted by atomic mass is 19.1. The van der Waals surface area contributed by atoms with Crippen molar-refractivity contribution in [2.75, 3.05) is 6.67 Å². The Balaban J connectivity index is 2.94. The summed E-state index contributed by atoms with van der Waals surface area (Å²) in [6, 6.07) is 0. The summed E-state index contributed by atoms with van der Waals surface area (Å²) in [6.45, 7) is 5.25. The van der Waals surface area contributed by atoms with Crippen LogP contribution in [0.3, 0.4) is 0 Å². The summed E-state index contributed by atoms with van der Waals surface area (Å²) in [6.07, 6.45) is -1.42. The van der Waals surface area contributed by atoms with E-state index in [1.807, 2.05) is 0 Å². The van der Waals surface area contributed by atoms with E-state index in [0.717, 1.165) is 0 Å². The van der Waals surface area contributed by atoms with E-state index in [0.29, 0.717) is 6.42 Å². The van der Waals surface area contributed by atoms with Crippen LogP contribution in [0, 0.1) is 5.92 Å². The molecule has 104 valence electrons. The first kappa shape index (κ1) is 14.9. The number of halogens is 1. The minimum atomic E-state index is -1.07. The number of hydrogen-bond acceptors (Lipinski definition) is 5. The highest BCUT2D eigenvalue weighted by molar-refractivity contribution is 5.67. The van der Waals surface area contributed by atoms with Crippen LogP contribution in [-0.2, 0) is 23.8 Å². The lowest BCUT2D eigenvalue weighted by Crippen LogP contribution is -2.39. The number of alkyl halides is 1. The van der Waals surface area contributed by atoms with Crippen LogP contribution in [0.1, 0.15) is 34.1 Å². The van der Waals surface area contributed by atoms with Gasteiger partial charge in [0.05, 0.1) is 0 Å². The summed E-state index contributed by atoms with van der Waals surface area (Å²) in [7, 11) is 0. The van der Waals surface area contributed by atoms with Crippen LogP contribution in [-0.4, -0.2) is 36.6 Å². The van der Waals surface area contributed by atoms with Crippen LogP contribution < -0.4 is 0 Å². The fourth-order valence-corrected chi connectivity index (χ4v) is 2.20. The molecule has 0 radical (unpaired) electrons. The summed E-state index contributed by atoms with van der Waals surface area (Å²) in [5, 5.41) is 0. The number of ether oxygens (including phenoxy) is 3. The van der Waals surface area contributed by atoms with Crippen LogP contribution >= 0.6 is 0 Å². The number of carbonyl (C=O) groups is 2. The monoisotopic (exact) mass is 262 g/mol. The largest absolute Gasteiger partial charge is 0.455 e. The lowest BCUT2D eigenvalue weighted by molar-refractivity contribution is -0.206. The Morgan fingerprint density at radius 1 is 1.28 bits per heavy atom. The Bertz CT molecular complexity index is 326. The first-order valence-electron chi connectivity index (χ1n) is 5.94. The van der Waals surface area contributed by atoms with Crippen molar-refractivity contribution in [3.63, 3.8) is 0 Å². The van der Waals surface area contributed by atoms with Crippen LogP contribution in [0.5, 0.6) is 0 Å². The first-order chi connectivity index (χ1) is 8.36. The fourth-order valence-electron chi connectivity index (χ4n) is 2.20. The standard InChI is InChI=1S/C12H19FO5/c1-5-12(6-13)7(2)10(16-8(3)14)11(18-12)17-9(4)15/h7,10-11H,5-6H2,1-4H3/t7-,10?,11?,12+/m1/s1. The summed E-state index contributed by atoms with van der Waals surface area (Å²) in [5.41, 5.74) is -1.07. The Hall–Kier alpha value is -1.17. The van der Waals surface area contributed by atoms with E-state index in [9.17, 15) is 14.0 Å². The maximum absolute atomic E-state index is 13.2. The van der Waals surface area contributed by atoms with Crippen molar-refractivity contribution >= 4 is 11.9 Å². The van der Waals surface area contributed by atoms with Crippen molar-refractivity contribution in [2.24, 2.45) is 5.92 Å². The average molecular weight is 262 g/mol. The van der Waals surface area contributed by atoms with E-state index in [1.54, 1.807) is 13.8 Å². The molecule has 0 N–H and O–H groups in total. The zero-order valence-electron chi connectivity index (χ0n) is 11.1. The second-order valence-corrected chi connectivity index (χ2v) is 4.51. The molecule has 0 aromatic carbocycles. The first-order valence-corrected chi connectivity index (χ1v) is 5.94. The third-order valence-electron chi connectivity index (χ3n) is 3.35. The third-order valence-corrected chi connectivity index (χ3v) is 3.35. The summed E-state index contributed by atoms with van der Waals surface area (Å²) in [5.74, 6) is -1.46. The second-order valence-electron chi connectivity index (χ2n) is 4.51. The number of rotatable bonds is 4. The minimum Gasteiger partial charge on any atom is -0.455 e. The quantitative estimate of drug-likeness (QED) is 0.720. The zero-order valence-corrected chi connectivity index (χ0v) is 11.1.